The van der Waals surface area contributed by atoms with Gasteiger partial charge in [-0.25, -0.2) is 9.59 Å². The molecule has 2 aromatic heterocycles. The Balaban J connectivity index is 1.76. The third-order valence-corrected chi connectivity index (χ3v) is 6.01. The first kappa shape index (κ1) is 23.3. The average molecular weight is 462 g/mol. The van der Waals surface area contributed by atoms with Gasteiger partial charge in [-0.05, 0) is 43.4 Å². The van der Waals surface area contributed by atoms with Crippen LogP contribution in [0.4, 0.5) is 0 Å². The minimum Gasteiger partial charge on any atom is -0.480 e. The van der Waals surface area contributed by atoms with Crippen LogP contribution in [0.3, 0.4) is 0 Å². The Kier molecular flexibility index (Phi) is 6.28. The Morgan fingerprint density at radius 1 is 1.00 bits per heavy atom. The number of carboxylic acids is 1. The average Bonchev–Trinajstić information content (AvgIpc) is 3.09. The summed E-state index contributed by atoms with van der Waals surface area (Å²) in [6, 6.07) is 12.5. The Labute approximate surface area is 196 Å². The number of rotatable bonds is 7. The number of fused-ring (bicyclic) bond motifs is 2. The van der Waals surface area contributed by atoms with Gasteiger partial charge in [0.15, 0.2) is 0 Å². The largest absolute Gasteiger partial charge is 0.480 e. The summed E-state index contributed by atoms with van der Waals surface area (Å²) in [5.41, 5.74) is 3.15. The second-order valence-electron chi connectivity index (χ2n) is 9.00. The molecule has 2 heterocycles. The topological polar surface area (TPSA) is 110 Å². The molecule has 1 atom stereocenters. The fourth-order valence-corrected chi connectivity index (χ4v) is 4.37. The maximum atomic E-state index is 12.7. The van der Waals surface area contributed by atoms with Crippen LogP contribution in [0.1, 0.15) is 37.2 Å². The highest BCUT2D eigenvalue weighted by atomic mass is 16.4. The van der Waals surface area contributed by atoms with Gasteiger partial charge in [0.1, 0.15) is 23.0 Å². The number of hydrogen-bond donors (Lipinski definition) is 2. The van der Waals surface area contributed by atoms with Gasteiger partial charge < -0.3 is 19.3 Å². The van der Waals surface area contributed by atoms with Gasteiger partial charge in [-0.2, -0.15) is 0 Å². The van der Waals surface area contributed by atoms with Crippen LogP contribution in [0.2, 0.25) is 0 Å². The molecule has 0 spiro atoms. The van der Waals surface area contributed by atoms with Gasteiger partial charge in [-0.1, -0.05) is 44.2 Å². The summed E-state index contributed by atoms with van der Waals surface area (Å²) in [6.07, 6.45) is 0.0342. The highest BCUT2D eigenvalue weighted by Gasteiger charge is 2.23. The normalized spacial score (nSPS) is 12.4. The third-order valence-electron chi connectivity index (χ3n) is 6.01. The number of aliphatic carboxylic acids is 1. The molecule has 0 saturated heterocycles. The third kappa shape index (κ3) is 4.46. The van der Waals surface area contributed by atoms with Crippen LogP contribution in [0.5, 0.6) is 0 Å². The Morgan fingerprint density at radius 2 is 1.68 bits per heavy atom. The maximum Gasteiger partial charge on any atom is 0.340 e. The second-order valence-corrected chi connectivity index (χ2v) is 9.00. The molecule has 4 rings (SSSR count). The van der Waals surface area contributed by atoms with Crippen LogP contribution in [-0.2, 0) is 16.0 Å². The molecule has 7 heteroatoms. The van der Waals surface area contributed by atoms with E-state index in [1.807, 2.05) is 57.2 Å². The first-order valence-electron chi connectivity index (χ1n) is 11.2. The lowest BCUT2D eigenvalue weighted by Gasteiger charge is -2.16. The summed E-state index contributed by atoms with van der Waals surface area (Å²) >= 11 is 0. The Bertz CT molecular complexity index is 1450. The standard InChI is InChI=1S/C27H27NO6/c1-14(2)10-21(26(30)31)28-24(29)12-19-15(3)18-11-20-23(13-22(18)34-27(19)32)33-16(4)25(20)17-8-6-5-7-9-17/h5-9,11,13-14,21H,10,12H2,1-4H3,(H,28,29)(H,30,31). The molecule has 0 radical (unpaired) electrons. The van der Waals surface area contributed by atoms with Gasteiger partial charge in [-0.3, -0.25) is 4.79 Å². The van der Waals surface area contributed by atoms with Gasteiger partial charge >= 0.3 is 11.6 Å². The van der Waals surface area contributed by atoms with Crippen molar-refractivity contribution in [3.05, 3.63) is 69.8 Å². The van der Waals surface area contributed by atoms with Gasteiger partial charge in [0.05, 0.1) is 12.0 Å². The zero-order chi connectivity index (χ0) is 24.6. The molecule has 4 aromatic rings. The number of carboxylic acid groups (broad SMARTS) is 1. The van der Waals surface area contributed by atoms with Crippen molar-refractivity contribution in [2.75, 3.05) is 0 Å². The van der Waals surface area contributed by atoms with Crippen LogP contribution in [0.15, 0.2) is 56.1 Å². The van der Waals surface area contributed by atoms with E-state index in [-0.39, 0.29) is 17.9 Å². The molecule has 0 aliphatic carbocycles. The summed E-state index contributed by atoms with van der Waals surface area (Å²) < 4.78 is 11.5. The molecule has 0 bridgehead atoms. The van der Waals surface area contributed by atoms with E-state index in [0.717, 1.165) is 22.3 Å². The van der Waals surface area contributed by atoms with Crippen molar-refractivity contribution in [2.45, 2.75) is 46.6 Å². The van der Waals surface area contributed by atoms with E-state index in [0.29, 0.717) is 28.5 Å². The van der Waals surface area contributed by atoms with Crippen LogP contribution < -0.4 is 10.9 Å². The lowest BCUT2D eigenvalue weighted by molar-refractivity contribution is -0.142. The van der Waals surface area contributed by atoms with Crippen molar-refractivity contribution >= 4 is 33.8 Å². The highest BCUT2D eigenvalue weighted by molar-refractivity contribution is 6.03. The quantitative estimate of drug-likeness (QED) is 0.376. The molecule has 7 nitrogen and oxygen atoms in total. The molecule has 0 aliphatic heterocycles. The number of aryl methyl sites for hydroxylation is 2. The summed E-state index contributed by atoms with van der Waals surface area (Å²) in [7, 11) is 0. The van der Waals surface area contributed by atoms with Crippen LogP contribution in [0, 0.1) is 19.8 Å². The number of benzene rings is 2. The van der Waals surface area contributed by atoms with Crippen molar-refractivity contribution in [1.29, 1.82) is 0 Å². The molecule has 2 N–H and O–H groups in total. The fourth-order valence-electron chi connectivity index (χ4n) is 4.37. The van der Waals surface area contributed by atoms with Crippen LogP contribution >= 0.6 is 0 Å². The zero-order valence-electron chi connectivity index (χ0n) is 19.6. The first-order chi connectivity index (χ1) is 16.2. The first-order valence-corrected chi connectivity index (χ1v) is 11.2. The second kappa shape index (κ2) is 9.17. The summed E-state index contributed by atoms with van der Waals surface area (Å²) in [5.74, 6) is -0.794. The molecule has 176 valence electrons. The minimum atomic E-state index is -1.10. The Hall–Kier alpha value is -3.87. The SMILES string of the molecule is Cc1oc2cc3oc(=O)c(CC(=O)NC(CC(C)C)C(=O)O)c(C)c3cc2c1-c1ccccc1. The van der Waals surface area contributed by atoms with Crippen molar-refractivity contribution < 1.29 is 23.5 Å². The van der Waals surface area contributed by atoms with Crippen LogP contribution in [0.25, 0.3) is 33.1 Å². The van der Waals surface area contributed by atoms with Crippen molar-refractivity contribution in [3.63, 3.8) is 0 Å². The predicted molar refractivity (Wildman–Crippen MR) is 130 cm³/mol. The molecule has 0 saturated carbocycles. The number of carbonyl (C=O) groups is 2. The smallest absolute Gasteiger partial charge is 0.340 e. The van der Waals surface area contributed by atoms with E-state index < -0.39 is 23.5 Å². The van der Waals surface area contributed by atoms with Crippen molar-refractivity contribution in [3.8, 4) is 11.1 Å². The van der Waals surface area contributed by atoms with E-state index in [2.05, 4.69) is 5.32 Å². The van der Waals surface area contributed by atoms with E-state index in [1.165, 1.54) is 0 Å². The number of carbonyl (C=O) groups excluding carboxylic acids is 1. The van der Waals surface area contributed by atoms with Gasteiger partial charge in [0, 0.05) is 22.4 Å². The maximum absolute atomic E-state index is 12.7. The molecular weight excluding hydrogens is 434 g/mol. The molecule has 34 heavy (non-hydrogen) atoms. The molecule has 2 aromatic carbocycles. The van der Waals surface area contributed by atoms with Gasteiger partial charge in [0.25, 0.3) is 0 Å². The monoisotopic (exact) mass is 461 g/mol. The number of furan rings is 1. The van der Waals surface area contributed by atoms with Gasteiger partial charge in [0.2, 0.25) is 5.91 Å². The number of hydrogen-bond acceptors (Lipinski definition) is 5. The molecule has 0 fully saturated rings. The summed E-state index contributed by atoms with van der Waals surface area (Å²) in [6.45, 7) is 7.42. The van der Waals surface area contributed by atoms with E-state index in [1.54, 1.807) is 13.0 Å². The number of nitrogens with one attached hydrogen (secondary N) is 1. The zero-order valence-corrected chi connectivity index (χ0v) is 19.6. The predicted octanol–water partition coefficient (Wildman–Crippen LogP) is 4.98. The van der Waals surface area contributed by atoms with E-state index in [9.17, 15) is 19.5 Å². The van der Waals surface area contributed by atoms with E-state index in [4.69, 9.17) is 8.83 Å². The summed E-state index contributed by atoms with van der Waals surface area (Å²) in [4.78, 5) is 36.9. The minimum absolute atomic E-state index is 0.0912. The molecular formula is C27H27NO6. The highest BCUT2D eigenvalue weighted by Crippen LogP contribution is 2.37. The van der Waals surface area contributed by atoms with Gasteiger partial charge in [-0.15, -0.1) is 0 Å². The van der Waals surface area contributed by atoms with Crippen LogP contribution in [-0.4, -0.2) is 23.0 Å². The molecule has 1 amide bonds. The van der Waals surface area contributed by atoms with Crippen molar-refractivity contribution in [1.82, 2.24) is 5.32 Å². The van der Waals surface area contributed by atoms with Crippen molar-refractivity contribution in [2.24, 2.45) is 5.92 Å². The Morgan fingerprint density at radius 3 is 2.32 bits per heavy atom. The lowest BCUT2D eigenvalue weighted by atomic mass is 9.98. The lowest BCUT2D eigenvalue weighted by Crippen LogP contribution is -2.42. The fraction of sp³-hybridized carbons (Fsp3) is 0.296. The molecule has 0 aliphatic rings. The summed E-state index contributed by atoms with van der Waals surface area (Å²) in [5, 5.41) is 13.5. The molecule has 1 unspecified atom stereocenters. The number of amides is 1. The van der Waals surface area contributed by atoms with E-state index >= 15 is 0 Å².